The number of rotatable bonds is 6. The van der Waals surface area contributed by atoms with Gasteiger partial charge in [0.1, 0.15) is 0 Å². The van der Waals surface area contributed by atoms with Crippen molar-refractivity contribution < 1.29 is 4.79 Å². The van der Waals surface area contributed by atoms with Gasteiger partial charge in [-0.25, -0.2) is 0 Å². The predicted molar refractivity (Wildman–Crippen MR) is 65.0 cm³/mol. The number of carbonyl (C=O) groups excluding carboxylic acids is 1. The van der Waals surface area contributed by atoms with Crippen LogP contribution in [-0.4, -0.2) is 11.7 Å². The molecule has 82 valence electrons. The number of hydrogen-bond donors (Lipinski definition) is 0. The number of ketones is 1. The minimum atomic E-state index is 0.159. The first kappa shape index (κ1) is 12.5. The van der Waals surface area contributed by atoms with E-state index in [1.165, 1.54) is 0 Å². The van der Waals surface area contributed by atoms with E-state index < -0.39 is 0 Å². The molecule has 1 aromatic rings. The zero-order valence-electron chi connectivity index (χ0n) is 8.51. The van der Waals surface area contributed by atoms with E-state index in [1.807, 2.05) is 0 Å². The van der Waals surface area contributed by atoms with Gasteiger partial charge in [0.05, 0.1) is 0 Å². The lowest BCUT2D eigenvalue weighted by atomic mass is 10.1. The van der Waals surface area contributed by atoms with Crippen LogP contribution in [0, 0.1) is 0 Å². The molecule has 0 saturated carbocycles. The third-order valence-corrected chi connectivity index (χ3v) is 2.69. The highest BCUT2D eigenvalue weighted by molar-refractivity contribution is 6.31. The Morgan fingerprint density at radius 3 is 2.67 bits per heavy atom. The molecule has 0 bridgehead atoms. The van der Waals surface area contributed by atoms with Gasteiger partial charge in [-0.1, -0.05) is 30.2 Å². The maximum absolute atomic E-state index is 11.7. The van der Waals surface area contributed by atoms with Crippen molar-refractivity contribution in [1.29, 1.82) is 0 Å². The van der Waals surface area contributed by atoms with Crippen molar-refractivity contribution in [3.63, 3.8) is 0 Å². The van der Waals surface area contributed by atoms with Crippen molar-refractivity contribution >= 4 is 29.0 Å². The molecule has 0 aliphatic rings. The quantitative estimate of drug-likeness (QED) is 0.414. The molecule has 0 N–H and O–H groups in total. The van der Waals surface area contributed by atoms with Gasteiger partial charge in [0.25, 0.3) is 0 Å². The van der Waals surface area contributed by atoms with Crippen molar-refractivity contribution in [1.82, 2.24) is 0 Å². The summed E-state index contributed by atoms with van der Waals surface area (Å²) in [7, 11) is 0. The number of alkyl halides is 1. The molecule has 0 heterocycles. The first-order valence-corrected chi connectivity index (χ1v) is 6.00. The first-order valence-electron chi connectivity index (χ1n) is 5.09. The summed E-state index contributed by atoms with van der Waals surface area (Å²) in [5.41, 5.74) is 0.702. The zero-order valence-corrected chi connectivity index (χ0v) is 10.0. The van der Waals surface area contributed by atoms with Gasteiger partial charge >= 0.3 is 0 Å². The van der Waals surface area contributed by atoms with Gasteiger partial charge in [-0.05, 0) is 25.0 Å². The van der Waals surface area contributed by atoms with E-state index in [9.17, 15) is 4.79 Å². The Morgan fingerprint density at radius 1 is 1.20 bits per heavy atom. The topological polar surface area (TPSA) is 17.1 Å². The number of carbonyl (C=O) groups is 1. The van der Waals surface area contributed by atoms with E-state index in [-0.39, 0.29) is 5.78 Å². The molecular formula is C12H14Cl2O. The second-order valence-electron chi connectivity index (χ2n) is 3.43. The fourth-order valence-electron chi connectivity index (χ4n) is 1.36. The van der Waals surface area contributed by atoms with Crippen LogP contribution in [-0.2, 0) is 0 Å². The lowest BCUT2D eigenvalue weighted by Crippen LogP contribution is -1.98. The Balaban J connectivity index is 2.40. The summed E-state index contributed by atoms with van der Waals surface area (Å²) in [6.07, 6.45) is 3.47. The normalized spacial score (nSPS) is 10.3. The smallest absolute Gasteiger partial charge is 0.162 e. The van der Waals surface area contributed by atoms with Crippen LogP contribution in [0.4, 0.5) is 0 Å². The largest absolute Gasteiger partial charge is 0.294 e. The molecule has 0 fully saturated rings. The number of benzene rings is 1. The minimum Gasteiger partial charge on any atom is -0.294 e. The lowest BCUT2D eigenvalue weighted by Gasteiger charge is -2.01. The van der Waals surface area contributed by atoms with Gasteiger partial charge in [-0.3, -0.25) is 4.79 Å². The van der Waals surface area contributed by atoms with Crippen LogP contribution in [0.1, 0.15) is 36.0 Å². The van der Waals surface area contributed by atoms with E-state index >= 15 is 0 Å². The summed E-state index contributed by atoms with van der Waals surface area (Å²) in [6, 6.07) is 7.08. The van der Waals surface area contributed by atoms with Crippen LogP contribution in [0.25, 0.3) is 0 Å². The summed E-state index contributed by atoms with van der Waals surface area (Å²) in [5.74, 6) is 0.831. The predicted octanol–water partition coefficient (Wildman–Crippen LogP) is 4.32. The molecule has 0 aromatic heterocycles. The molecule has 0 unspecified atom stereocenters. The Bertz CT molecular complexity index is 323. The monoisotopic (exact) mass is 244 g/mol. The molecule has 0 aliphatic heterocycles. The highest BCUT2D eigenvalue weighted by Gasteiger charge is 2.05. The molecule has 0 spiro atoms. The van der Waals surface area contributed by atoms with E-state index in [2.05, 4.69) is 0 Å². The van der Waals surface area contributed by atoms with E-state index in [0.29, 0.717) is 22.9 Å². The summed E-state index contributed by atoms with van der Waals surface area (Å²) in [4.78, 5) is 11.7. The molecule has 0 amide bonds. The van der Waals surface area contributed by atoms with E-state index in [0.717, 1.165) is 19.3 Å². The van der Waals surface area contributed by atoms with Gasteiger partial charge in [-0.15, -0.1) is 11.6 Å². The SMILES string of the molecule is O=C(CCCCCCl)c1cccc(Cl)c1. The maximum atomic E-state index is 11.7. The maximum Gasteiger partial charge on any atom is 0.162 e. The highest BCUT2D eigenvalue weighted by atomic mass is 35.5. The van der Waals surface area contributed by atoms with Crippen LogP contribution < -0.4 is 0 Å². The van der Waals surface area contributed by atoms with Gasteiger partial charge < -0.3 is 0 Å². The number of Topliss-reactive ketones (excluding diaryl/α,β-unsaturated/α-hetero) is 1. The molecule has 0 radical (unpaired) electrons. The van der Waals surface area contributed by atoms with Crippen molar-refractivity contribution in [3.8, 4) is 0 Å². The molecular weight excluding hydrogens is 231 g/mol. The highest BCUT2D eigenvalue weighted by Crippen LogP contribution is 2.14. The van der Waals surface area contributed by atoms with Crippen LogP contribution in [0.3, 0.4) is 0 Å². The second-order valence-corrected chi connectivity index (χ2v) is 4.25. The molecule has 3 heteroatoms. The van der Waals surface area contributed by atoms with Crippen molar-refractivity contribution in [3.05, 3.63) is 34.9 Å². The Kier molecular flexibility index (Phi) is 5.74. The summed E-state index contributed by atoms with van der Waals surface area (Å²) in [6.45, 7) is 0. The number of unbranched alkanes of at least 4 members (excludes halogenated alkanes) is 2. The Morgan fingerprint density at radius 2 is 2.00 bits per heavy atom. The Labute approximate surface area is 100 Å². The van der Waals surface area contributed by atoms with Crippen molar-refractivity contribution in [2.24, 2.45) is 0 Å². The third-order valence-electron chi connectivity index (χ3n) is 2.18. The fraction of sp³-hybridized carbons (Fsp3) is 0.417. The number of halogens is 2. The molecule has 1 nitrogen and oxygen atoms in total. The van der Waals surface area contributed by atoms with Crippen LogP contribution in [0.5, 0.6) is 0 Å². The molecule has 0 aliphatic carbocycles. The van der Waals surface area contributed by atoms with E-state index in [1.54, 1.807) is 24.3 Å². The van der Waals surface area contributed by atoms with Gasteiger partial charge in [-0.2, -0.15) is 0 Å². The summed E-state index contributed by atoms with van der Waals surface area (Å²) < 4.78 is 0. The minimum absolute atomic E-state index is 0.159. The first-order chi connectivity index (χ1) is 7.24. The number of hydrogen-bond acceptors (Lipinski definition) is 1. The van der Waals surface area contributed by atoms with Crippen LogP contribution in [0.15, 0.2) is 24.3 Å². The molecule has 0 saturated heterocycles. The standard InChI is InChI=1S/C12H14Cl2O/c13-8-3-1-2-7-12(15)10-5-4-6-11(14)9-10/h4-6,9H,1-3,7-8H2. The van der Waals surface area contributed by atoms with Crippen LogP contribution in [0.2, 0.25) is 5.02 Å². The Hall–Kier alpha value is -0.530. The van der Waals surface area contributed by atoms with Crippen LogP contribution >= 0.6 is 23.2 Å². The summed E-state index contributed by atoms with van der Waals surface area (Å²) in [5, 5.41) is 0.613. The van der Waals surface area contributed by atoms with Gasteiger partial charge in [0, 0.05) is 22.9 Å². The average molecular weight is 245 g/mol. The third kappa shape index (κ3) is 4.67. The fourth-order valence-corrected chi connectivity index (χ4v) is 1.74. The van der Waals surface area contributed by atoms with Crippen molar-refractivity contribution in [2.45, 2.75) is 25.7 Å². The van der Waals surface area contributed by atoms with E-state index in [4.69, 9.17) is 23.2 Å². The zero-order chi connectivity index (χ0) is 11.1. The lowest BCUT2D eigenvalue weighted by molar-refractivity contribution is 0.0979. The molecule has 1 aromatic carbocycles. The molecule has 0 atom stereocenters. The molecule has 1 rings (SSSR count). The summed E-state index contributed by atoms with van der Waals surface area (Å²) >= 11 is 11.4. The average Bonchev–Trinajstić information content (AvgIpc) is 2.24. The molecule has 15 heavy (non-hydrogen) atoms. The second kappa shape index (κ2) is 6.86. The van der Waals surface area contributed by atoms with Crippen molar-refractivity contribution in [2.75, 3.05) is 5.88 Å². The van der Waals surface area contributed by atoms with Gasteiger partial charge in [0.15, 0.2) is 5.78 Å². The van der Waals surface area contributed by atoms with Gasteiger partial charge in [0.2, 0.25) is 0 Å².